The van der Waals surface area contributed by atoms with Gasteiger partial charge in [-0.15, -0.1) is 6.42 Å². The molecule has 0 saturated heterocycles. The van der Waals surface area contributed by atoms with E-state index in [1.165, 1.54) is 0 Å². The Kier molecular flexibility index (Phi) is 4.33. The van der Waals surface area contributed by atoms with E-state index in [0.717, 1.165) is 18.2 Å². The quantitative estimate of drug-likeness (QED) is 0.640. The van der Waals surface area contributed by atoms with E-state index < -0.39 is 21.9 Å². The zero-order valence-corrected chi connectivity index (χ0v) is 11.0. The topological polar surface area (TPSA) is 72.2 Å². The van der Waals surface area contributed by atoms with Gasteiger partial charge in [0.05, 0.1) is 11.7 Å². The Bertz CT molecular complexity index is 576. The molecule has 1 aromatic rings. The largest absolute Gasteiger partial charge is 0.398 e. The second-order valence-corrected chi connectivity index (χ2v) is 5.87. The van der Waals surface area contributed by atoms with E-state index >= 15 is 0 Å². The second-order valence-electron chi connectivity index (χ2n) is 4.19. The molecule has 98 valence electrons. The van der Waals surface area contributed by atoms with Gasteiger partial charge in [-0.25, -0.2) is 12.8 Å². The average molecular weight is 270 g/mol. The molecule has 0 fully saturated rings. The monoisotopic (exact) mass is 270 g/mol. The number of nitrogens with two attached hydrogens (primary N) is 1. The molecule has 0 spiro atoms. The highest BCUT2D eigenvalue weighted by molar-refractivity contribution is 7.89. The van der Waals surface area contributed by atoms with E-state index in [4.69, 9.17) is 12.2 Å². The van der Waals surface area contributed by atoms with Gasteiger partial charge in [0.15, 0.2) is 0 Å². The third-order valence-electron chi connectivity index (χ3n) is 2.39. The number of nitrogen functional groups attached to an aromatic ring is 1. The van der Waals surface area contributed by atoms with Gasteiger partial charge in [0.25, 0.3) is 0 Å². The number of anilines is 1. The van der Waals surface area contributed by atoms with Crippen molar-refractivity contribution >= 4 is 15.7 Å². The molecule has 4 nitrogen and oxygen atoms in total. The summed E-state index contributed by atoms with van der Waals surface area (Å²) >= 11 is 0. The van der Waals surface area contributed by atoms with Gasteiger partial charge < -0.3 is 5.73 Å². The summed E-state index contributed by atoms with van der Waals surface area (Å²) in [5.41, 5.74) is 5.34. The van der Waals surface area contributed by atoms with Crippen molar-refractivity contribution in [2.45, 2.75) is 24.8 Å². The van der Waals surface area contributed by atoms with E-state index in [1.54, 1.807) is 13.8 Å². The van der Waals surface area contributed by atoms with Crippen molar-refractivity contribution in [3.63, 3.8) is 0 Å². The Balaban J connectivity index is 3.11. The van der Waals surface area contributed by atoms with Gasteiger partial charge in [0.2, 0.25) is 10.0 Å². The number of rotatable bonds is 4. The summed E-state index contributed by atoms with van der Waals surface area (Å²) in [7, 11) is -3.85. The van der Waals surface area contributed by atoms with Gasteiger partial charge >= 0.3 is 0 Å². The average Bonchev–Trinajstić information content (AvgIpc) is 2.24. The van der Waals surface area contributed by atoms with Crippen LogP contribution in [-0.2, 0) is 10.0 Å². The maximum Gasteiger partial charge on any atom is 0.243 e. The van der Waals surface area contributed by atoms with Gasteiger partial charge in [0, 0.05) is 0 Å². The number of terminal acetylenes is 1. The van der Waals surface area contributed by atoms with Crippen molar-refractivity contribution in [2.24, 2.45) is 5.92 Å². The highest BCUT2D eigenvalue weighted by atomic mass is 32.2. The minimum atomic E-state index is -3.85. The van der Waals surface area contributed by atoms with Gasteiger partial charge in [-0.2, -0.15) is 4.72 Å². The first-order valence-electron chi connectivity index (χ1n) is 5.31. The maximum atomic E-state index is 12.9. The third kappa shape index (κ3) is 3.22. The standard InChI is InChI=1S/C12H15FN2O2S/c1-4-11(8(2)3)15-18(16,17)12-6-5-9(13)7-10(12)14/h1,5-8,11,15H,14H2,2-3H3. The summed E-state index contributed by atoms with van der Waals surface area (Å²) in [5, 5.41) is 0. The number of sulfonamides is 1. The van der Waals surface area contributed by atoms with Gasteiger partial charge in [0.1, 0.15) is 10.7 Å². The normalized spacial score (nSPS) is 13.3. The highest BCUT2D eigenvalue weighted by Crippen LogP contribution is 2.19. The predicted molar refractivity (Wildman–Crippen MR) is 68.6 cm³/mol. The van der Waals surface area contributed by atoms with Crippen LogP contribution < -0.4 is 10.5 Å². The van der Waals surface area contributed by atoms with Crippen LogP contribution in [-0.4, -0.2) is 14.5 Å². The summed E-state index contributed by atoms with van der Waals surface area (Å²) in [4.78, 5) is -0.176. The van der Waals surface area contributed by atoms with Crippen molar-refractivity contribution in [1.29, 1.82) is 0 Å². The Morgan fingerprint density at radius 3 is 2.50 bits per heavy atom. The Morgan fingerprint density at radius 1 is 1.44 bits per heavy atom. The van der Waals surface area contributed by atoms with E-state index in [1.807, 2.05) is 0 Å². The van der Waals surface area contributed by atoms with Crippen LogP contribution in [0.5, 0.6) is 0 Å². The maximum absolute atomic E-state index is 12.9. The SMILES string of the molecule is C#CC(NS(=O)(=O)c1ccc(F)cc1N)C(C)C. The number of hydrogen-bond acceptors (Lipinski definition) is 3. The first-order chi connectivity index (χ1) is 8.27. The molecular formula is C12H15FN2O2S. The van der Waals surface area contributed by atoms with Gasteiger partial charge in [-0.3, -0.25) is 0 Å². The fourth-order valence-corrected chi connectivity index (χ4v) is 2.78. The zero-order valence-electron chi connectivity index (χ0n) is 10.1. The van der Waals surface area contributed by atoms with Crippen molar-refractivity contribution in [2.75, 3.05) is 5.73 Å². The molecule has 0 aromatic heterocycles. The molecule has 1 unspecified atom stereocenters. The van der Waals surface area contributed by atoms with E-state index in [2.05, 4.69) is 10.6 Å². The lowest BCUT2D eigenvalue weighted by atomic mass is 10.1. The first kappa shape index (κ1) is 14.5. The van der Waals surface area contributed by atoms with Gasteiger partial charge in [-0.1, -0.05) is 19.8 Å². The number of halogens is 1. The van der Waals surface area contributed by atoms with Crippen molar-refractivity contribution < 1.29 is 12.8 Å². The molecule has 0 amide bonds. The fraction of sp³-hybridized carbons (Fsp3) is 0.333. The molecule has 0 radical (unpaired) electrons. The van der Waals surface area contributed by atoms with Crippen LogP contribution in [0.1, 0.15) is 13.8 Å². The third-order valence-corrected chi connectivity index (χ3v) is 3.90. The van der Waals surface area contributed by atoms with Crippen LogP contribution in [0.25, 0.3) is 0 Å². The zero-order chi connectivity index (χ0) is 13.9. The second kappa shape index (κ2) is 5.38. The molecule has 1 aromatic carbocycles. The molecule has 0 aliphatic heterocycles. The van der Waals surface area contributed by atoms with Crippen LogP contribution in [0.2, 0.25) is 0 Å². The van der Waals surface area contributed by atoms with Crippen LogP contribution in [0.3, 0.4) is 0 Å². The minimum absolute atomic E-state index is 0.0635. The predicted octanol–water partition coefficient (Wildman–Crippen LogP) is 1.34. The lowest BCUT2D eigenvalue weighted by Crippen LogP contribution is -2.37. The van der Waals surface area contributed by atoms with Crippen LogP contribution >= 0.6 is 0 Å². The number of nitrogens with one attached hydrogen (secondary N) is 1. The molecule has 0 aliphatic rings. The molecule has 1 atom stereocenters. The lowest BCUT2D eigenvalue weighted by molar-refractivity contribution is 0.518. The molecule has 18 heavy (non-hydrogen) atoms. The summed E-state index contributed by atoms with van der Waals surface area (Å²) < 4.78 is 39.3. The van der Waals surface area contributed by atoms with Crippen molar-refractivity contribution in [1.82, 2.24) is 4.72 Å². The smallest absolute Gasteiger partial charge is 0.243 e. The number of hydrogen-bond donors (Lipinski definition) is 2. The molecule has 0 heterocycles. The van der Waals surface area contributed by atoms with E-state index in [-0.39, 0.29) is 16.5 Å². The summed E-state index contributed by atoms with van der Waals surface area (Å²) in [5.74, 6) is 1.70. The van der Waals surface area contributed by atoms with Crippen LogP contribution in [0.15, 0.2) is 23.1 Å². The Labute approximate surface area is 106 Å². The first-order valence-corrected chi connectivity index (χ1v) is 6.79. The molecule has 0 aliphatic carbocycles. The van der Waals surface area contributed by atoms with Crippen LogP contribution in [0.4, 0.5) is 10.1 Å². The molecule has 0 saturated carbocycles. The Morgan fingerprint density at radius 2 is 2.06 bits per heavy atom. The molecule has 6 heteroatoms. The molecular weight excluding hydrogens is 255 g/mol. The van der Waals surface area contributed by atoms with Gasteiger partial charge in [-0.05, 0) is 24.1 Å². The van der Waals surface area contributed by atoms with E-state index in [0.29, 0.717) is 0 Å². The highest BCUT2D eigenvalue weighted by Gasteiger charge is 2.23. The van der Waals surface area contributed by atoms with Crippen LogP contribution in [0, 0.1) is 24.1 Å². The van der Waals surface area contributed by atoms with Crippen molar-refractivity contribution in [3.05, 3.63) is 24.0 Å². The number of benzene rings is 1. The molecule has 1 rings (SSSR count). The minimum Gasteiger partial charge on any atom is -0.398 e. The van der Waals surface area contributed by atoms with E-state index in [9.17, 15) is 12.8 Å². The molecule has 0 bridgehead atoms. The van der Waals surface area contributed by atoms with Crippen molar-refractivity contribution in [3.8, 4) is 12.3 Å². The molecule has 3 N–H and O–H groups in total. The fourth-order valence-electron chi connectivity index (χ4n) is 1.36. The lowest BCUT2D eigenvalue weighted by Gasteiger charge is -2.17. The Hall–Kier alpha value is -1.58. The summed E-state index contributed by atoms with van der Waals surface area (Å²) in [6, 6.07) is 2.46. The summed E-state index contributed by atoms with van der Waals surface area (Å²) in [6.07, 6.45) is 5.25. The summed E-state index contributed by atoms with van der Waals surface area (Å²) in [6.45, 7) is 3.59.